The van der Waals surface area contributed by atoms with Crippen molar-refractivity contribution in [3.8, 4) is 158 Å². The average Bonchev–Trinajstić information content (AvgIpc) is 1.55. The lowest BCUT2D eigenvalue weighted by molar-refractivity contribution is 0.669. The quantitative estimate of drug-likeness (QED) is 0.0997. The summed E-state index contributed by atoms with van der Waals surface area (Å²) < 4.78 is 18.8. The zero-order valence-corrected chi connectivity index (χ0v) is 70.3. The number of benzene rings is 19. The molecule has 25 aromatic rings. The van der Waals surface area contributed by atoms with Gasteiger partial charge in [0.2, 0.25) is 0 Å². The summed E-state index contributed by atoms with van der Waals surface area (Å²) in [6.45, 7) is 0. The van der Waals surface area contributed by atoms with E-state index in [9.17, 15) is 0 Å². The molecule has 0 saturated carbocycles. The second-order valence-corrected chi connectivity index (χ2v) is 32.6. The molecule has 130 heavy (non-hydrogen) atoms. The molecule has 0 fully saturated rings. The standard InChI is InChI=1S/C63H40N4O.C57H36N4O/c1-6-20-41(21-7-1)47-31-18-32-48(42-22-8-2-9-23-42)57(47)45-36-37-49(53(40-45)63-65-61(43-24-10-3-11-25-43)64-62(66-63)44-26-12-4-13-27-44)51-33-19-35-55-58(51)59-56(68-55)39-38-52-50-30-16-17-34-54(50)67(60(52)59)46-28-14-5-15-29-46;1-5-18-37(19-6-1)42-26-13-14-27-43(42)40-32-33-44(49(36-40)57-59-55(38-20-7-2-8-21-38)58-56(60-57)39-22-9-3-10-23-39)45-29-17-30-46-47-34-35-51-52(54(47)62-53(45)46)48-28-15-16-31-50(48)61(51)41-24-11-4-12-25-41/h1-40H;1-36H. The van der Waals surface area contributed by atoms with E-state index in [1.54, 1.807) is 0 Å². The maximum absolute atomic E-state index is 7.21. The Hall–Kier alpha value is -17.6. The largest absolute Gasteiger partial charge is 0.456 e. The van der Waals surface area contributed by atoms with E-state index in [0.717, 1.165) is 205 Å². The second kappa shape index (κ2) is 32.5. The molecule has 0 aliphatic heterocycles. The van der Waals surface area contributed by atoms with E-state index in [2.05, 4.69) is 373 Å². The Kier molecular flexibility index (Phi) is 19.0. The molecule has 6 aromatic heterocycles. The number of hydrogen-bond acceptors (Lipinski definition) is 8. The van der Waals surface area contributed by atoms with Crippen LogP contribution in [0.3, 0.4) is 0 Å². The van der Waals surface area contributed by atoms with E-state index >= 15 is 0 Å². The van der Waals surface area contributed by atoms with E-state index < -0.39 is 0 Å². The van der Waals surface area contributed by atoms with Crippen LogP contribution >= 0.6 is 0 Å². The van der Waals surface area contributed by atoms with E-state index in [4.69, 9.17) is 38.7 Å². The Labute approximate surface area is 749 Å². The zero-order valence-electron chi connectivity index (χ0n) is 70.3. The first kappa shape index (κ1) is 76.1. The van der Waals surface area contributed by atoms with Crippen molar-refractivity contribution >= 4 is 87.5 Å². The average molecular weight is 1660 g/mol. The van der Waals surface area contributed by atoms with E-state index in [-0.39, 0.29) is 0 Å². The highest BCUT2D eigenvalue weighted by molar-refractivity contribution is 6.28. The summed E-state index contributed by atoms with van der Waals surface area (Å²) in [6.07, 6.45) is 0. The van der Waals surface area contributed by atoms with Crippen molar-refractivity contribution in [3.63, 3.8) is 0 Å². The molecule has 0 atom stereocenters. The molecule has 608 valence electrons. The fourth-order valence-electron chi connectivity index (χ4n) is 19.1. The van der Waals surface area contributed by atoms with Crippen molar-refractivity contribution in [1.82, 2.24) is 39.0 Å². The first-order valence-electron chi connectivity index (χ1n) is 43.8. The molecule has 0 radical (unpaired) electrons. The molecule has 0 amide bonds. The predicted octanol–water partition coefficient (Wildman–Crippen LogP) is 31.4. The molecule has 0 unspecified atom stereocenters. The summed E-state index contributed by atoms with van der Waals surface area (Å²) in [5.41, 5.74) is 30.4. The highest BCUT2D eigenvalue weighted by Gasteiger charge is 2.29. The van der Waals surface area contributed by atoms with E-state index in [1.807, 2.05) is 97.1 Å². The Morgan fingerprint density at radius 3 is 1.07 bits per heavy atom. The third-order valence-corrected chi connectivity index (χ3v) is 25.0. The fourth-order valence-corrected chi connectivity index (χ4v) is 19.1. The number of fused-ring (bicyclic) bond motifs is 14. The molecule has 6 heterocycles. The Morgan fingerprint density at radius 2 is 0.531 bits per heavy atom. The van der Waals surface area contributed by atoms with Crippen LogP contribution in [0, 0.1) is 0 Å². The monoisotopic (exact) mass is 1660 g/mol. The minimum Gasteiger partial charge on any atom is -0.456 e. The Balaban J connectivity index is 0.000000145. The van der Waals surface area contributed by atoms with Gasteiger partial charge in [0.25, 0.3) is 0 Å². The van der Waals surface area contributed by atoms with Crippen molar-refractivity contribution in [2.75, 3.05) is 0 Å². The highest BCUT2D eigenvalue weighted by Crippen LogP contribution is 2.51. The molecule has 0 aliphatic carbocycles. The Morgan fingerprint density at radius 1 is 0.169 bits per heavy atom. The summed E-state index contributed by atoms with van der Waals surface area (Å²) in [4.78, 5) is 31.5. The summed E-state index contributed by atoms with van der Waals surface area (Å²) in [5.74, 6) is 3.56. The lowest BCUT2D eigenvalue weighted by atomic mass is 9.85. The van der Waals surface area contributed by atoms with Crippen LogP contribution in [0.15, 0.2) is 470 Å². The van der Waals surface area contributed by atoms with Crippen molar-refractivity contribution in [2.24, 2.45) is 0 Å². The molecule has 10 nitrogen and oxygen atoms in total. The van der Waals surface area contributed by atoms with Crippen LogP contribution < -0.4 is 0 Å². The molecule has 0 saturated heterocycles. The fraction of sp³-hybridized carbons (Fsp3) is 0. The van der Waals surface area contributed by atoms with Gasteiger partial charge in [0.05, 0.1) is 32.8 Å². The second-order valence-electron chi connectivity index (χ2n) is 32.6. The third-order valence-electron chi connectivity index (χ3n) is 25.0. The maximum atomic E-state index is 7.21. The predicted molar refractivity (Wildman–Crippen MR) is 534 cm³/mol. The Bertz CT molecular complexity index is 8450. The van der Waals surface area contributed by atoms with Gasteiger partial charge in [-0.1, -0.05) is 382 Å². The summed E-state index contributed by atoms with van der Waals surface area (Å²) >= 11 is 0. The first-order chi connectivity index (χ1) is 64.5. The lowest BCUT2D eigenvalue weighted by Crippen LogP contribution is -2.01. The molecule has 0 aliphatic rings. The van der Waals surface area contributed by atoms with Crippen molar-refractivity contribution in [3.05, 3.63) is 461 Å². The molecule has 0 spiro atoms. The minimum atomic E-state index is 0.571. The van der Waals surface area contributed by atoms with Crippen LogP contribution in [0.25, 0.3) is 245 Å². The third kappa shape index (κ3) is 13.5. The van der Waals surface area contributed by atoms with Gasteiger partial charge in [-0.15, -0.1) is 0 Å². The lowest BCUT2D eigenvalue weighted by Gasteiger charge is -2.19. The molecule has 0 bridgehead atoms. The molecular formula is C120H76N8O2. The molecule has 0 N–H and O–H groups in total. The smallest absolute Gasteiger partial charge is 0.164 e. The number of rotatable bonds is 15. The summed E-state index contributed by atoms with van der Waals surface area (Å²) in [6, 6.07) is 161. The summed E-state index contributed by atoms with van der Waals surface area (Å²) in [5, 5.41) is 8.77. The van der Waals surface area contributed by atoms with Crippen molar-refractivity contribution in [2.45, 2.75) is 0 Å². The number of nitrogens with zero attached hydrogens (tertiary/aromatic N) is 8. The number of para-hydroxylation sites is 5. The topological polar surface area (TPSA) is 113 Å². The van der Waals surface area contributed by atoms with Crippen molar-refractivity contribution < 1.29 is 8.83 Å². The molecule has 10 heteroatoms. The van der Waals surface area contributed by atoms with Gasteiger partial charge in [0, 0.05) is 82.6 Å². The van der Waals surface area contributed by atoms with Crippen LogP contribution in [-0.2, 0) is 0 Å². The highest BCUT2D eigenvalue weighted by atomic mass is 16.3. The molecular weight excluding hydrogens is 1590 g/mol. The summed E-state index contributed by atoms with van der Waals surface area (Å²) in [7, 11) is 0. The number of hydrogen-bond donors (Lipinski definition) is 0. The van der Waals surface area contributed by atoms with Gasteiger partial charge in [0.1, 0.15) is 22.3 Å². The number of furan rings is 2. The van der Waals surface area contributed by atoms with Gasteiger partial charge in [-0.05, 0) is 151 Å². The van der Waals surface area contributed by atoms with Crippen LogP contribution in [0.5, 0.6) is 0 Å². The maximum Gasteiger partial charge on any atom is 0.164 e. The van der Waals surface area contributed by atoms with Crippen LogP contribution in [0.2, 0.25) is 0 Å². The van der Waals surface area contributed by atoms with Crippen LogP contribution in [0.4, 0.5) is 0 Å². The molecule has 19 aromatic carbocycles. The van der Waals surface area contributed by atoms with Gasteiger partial charge in [-0.3, -0.25) is 0 Å². The van der Waals surface area contributed by atoms with Crippen LogP contribution in [-0.4, -0.2) is 39.0 Å². The minimum absolute atomic E-state index is 0.571. The molecule has 25 rings (SSSR count). The van der Waals surface area contributed by atoms with E-state index in [1.165, 1.54) is 5.39 Å². The van der Waals surface area contributed by atoms with E-state index in [0.29, 0.717) is 34.9 Å². The van der Waals surface area contributed by atoms with Gasteiger partial charge < -0.3 is 18.0 Å². The van der Waals surface area contributed by atoms with Gasteiger partial charge in [-0.2, -0.15) is 0 Å². The van der Waals surface area contributed by atoms with Crippen LogP contribution in [0.1, 0.15) is 0 Å². The number of aromatic nitrogens is 8. The van der Waals surface area contributed by atoms with Gasteiger partial charge >= 0.3 is 0 Å². The van der Waals surface area contributed by atoms with Crippen molar-refractivity contribution in [1.29, 1.82) is 0 Å². The first-order valence-corrected chi connectivity index (χ1v) is 43.8. The van der Waals surface area contributed by atoms with Gasteiger partial charge in [-0.25, -0.2) is 29.9 Å². The van der Waals surface area contributed by atoms with Gasteiger partial charge in [0.15, 0.2) is 34.9 Å². The SMILES string of the molecule is c1ccc(-c2nc(-c3ccccc3)nc(-c3cc(-c4c(-c5ccccc5)cccc4-c4ccccc4)ccc3-c3cccc4oc5ccc6c7ccccc7n(-c7ccccc7)c6c5c34)n2)cc1.c1ccc(-c2nc(-c3ccccc3)nc(-c3cc(-c4ccccc4-c4ccccc4)ccc3-c3cccc4c3oc3c4ccc4c3c3ccccc3n4-c3ccccc3)n2)cc1. The normalized spacial score (nSPS) is 11.5. The zero-order chi connectivity index (χ0) is 86.0.